The molecule has 0 spiro atoms. The van der Waals surface area contributed by atoms with Crippen molar-refractivity contribution in [3.8, 4) is 0 Å². The second-order valence-electron chi connectivity index (χ2n) is 5.60. The van der Waals surface area contributed by atoms with E-state index < -0.39 is 0 Å². The number of carbonyl (C=O) groups is 1. The number of nitrogens with one attached hydrogen (secondary N) is 1. The first-order valence-corrected chi connectivity index (χ1v) is 8.85. The van der Waals surface area contributed by atoms with Crippen LogP contribution in [-0.2, 0) is 11.2 Å². The fourth-order valence-electron chi connectivity index (χ4n) is 2.88. The molecule has 1 aliphatic heterocycles. The summed E-state index contributed by atoms with van der Waals surface area (Å²) < 4.78 is 0. The van der Waals surface area contributed by atoms with Gasteiger partial charge in [-0.25, -0.2) is 0 Å². The number of hydrogen-bond acceptors (Lipinski definition) is 6. The molecule has 0 bridgehead atoms. The molecule has 3 rings (SSSR count). The van der Waals surface area contributed by atoms with E-state index in [2.05, 4.69) is 31.5 Å². The lowest BCUT2D eigenvalue weighted by Gasteiger charge is -2.23. The molecule has 122 valence electrons. The number of rotatable bonds is 6. The topological polar surface area (TPSA) is 71.0 Å². The summed E-state index contributed by atoms with van der Waals surface area (Å²) in [6.45, 7) is 3.79. The quantitative estimate of drug-likeness (QED) is 0.881. The molecule has 0 aromatic carbocycles. The average molecular weight is 331 g/mol. The fraction of sp³-hybridized carbons (Fsp3) is 0.500. The minimum Gasteiger partial charge on any atom is -0.300 e. The van der Waals surface area contributed by atoms with Gasteiger partial charge in [-0.2, -0.15) is 0 Å². The van der Waals surface area contributed by atoms with E-state index in [0.29, 0.717) is 17.6 Å². The molecule has 0 saturated carbocycles. The molecule has 6 nitrogen and oxygen atoms in total. The lowest BCUT2D eigenvalue weighted by atomic mass is 10.1. The second-order valence-corrected chi connectivity index (χ2v) is 6.66. The standard InChI is InChI=1S/C16H21N5OS/c1-2-15-19-20-16(23-15)18-14(22)8-11-21-10-5-7-13(21)12-6-3-4-9-17-12/h3-4,6,9,13H,2,5,7-8,10-11H2,1H3,(H,18,20,22). The predicted molar refractivity (Wildman–Crippen MR) is 90.3 cm³/mol. The van der Waals surface area contributed by atoms with Gasteiger partial charge in [0.15, 0.2) is 0 Å². The molecular weight excluding hydrogens is 310 g/mol. The SMILES string of the molecule is CCc1nnc(NC(=O)CCN2CCCC2c2ccccn2)s1. The number of pyridine rings is 1. The molecule has 1 atom stereocenters. The minimum atomic E-state index is -0.00419. The normalized spacial score (nSPS) is 18.2. The number of aromatic nitrogens is 3. The van der Waals surface area contributed by atoms with Crippen molar-refractivity contribution in [1.82, 2.24) is 20.1 Å². The zero-order valence-electron chi connectivity index (χ0n) is 13.2. The second kappa shape index (κ2) is 7.61. The highest BCUT2D eigenvalue weighted by Crippen LogP contribution is 2.30. The number of hydrogen-bond donors (Lipinski definition) is 1. The van der Waals surface area contributed by atoms with Crippen LogP contribution in [0.2, 0.25) is 0 Å². The van der Waals surface area contributed by atoms with Crippen molar-refractivity contribution in [1.29, 1.82) is 0 Å². The third kappa shape index (κ3) is 4.11. The summed E-state index contributed by atoms with van der Waals surface area (Å²) in [6, 6.07) is 6.35. The Morgan fingerprint density at radius 1 is 1.43 bits per heavy atom. The molecule has 1 N–H and O–H groups in total. The maximum Gasteiger partial charge on any atom is 0.227 e. The molecule has 7 heteroatoms. The number of amides is 1. The molecule has 1 unspecified atom stereocenters. The summed E-state index contributed by atoms with van der Waals surface area (Å²) in [7, 11) is 0. The first-order chi connectivity index (χ1) is 11.3. The number of likely N-dealkylation sites (tertiary alicyclic amines) is 1. The van der Waals surface area contributed by atoms with Crippen molar-refractivity contribution in [3.05, 3.63) is 35.1 Å². The van der Waals surface area contributed by atoms with Crippen molar-refractivity contribution in [3.63, 3.8) is 0 Å². The van der Waals surface area contributed by atoms with Gasteiger partial charge in [-0.1, -0.05) is 24.3 Å². The summed E-state index contributed by atoms with van der Waals surface area (Å²) in [4.78, 5) is 18.9. The maximum atomic E-state index is 12.1. The highest BCUT2D eigenvalue weighted by molar-refractivity contribution is 7.15. The molecule has 23 heavy (non-hydrogen) atoms. The van der Waals surface area contributed by atoms with Gasteiger partial charge in [0, 0.05) is 19.2 Å². The molecule has 2 aromatic heterocycles. The zero-order chi connectivity index (χ0) is 16.1. The van der Waals surface area contributed by atoms with Crippen LogP contribution in [0, 0.1) is 0 Å². The average Bonchev–Trinajstić information content (AvgIpc) is 3.22. The number of nitrogens with zero attached hydrogens (tertiary/aromatic N) is 4. The third-order valence-corrected chi connectivity index (χ3v) is 5.02. The van der Waals surface area contributed by atoms with Gasteiger partial charge >= 0.3 is 0 Å². The first-order valence-electron chi connectivity index (χ1n) is 8.03. The number of carbonyl (C=O) groups excluding carboxylic acids is 1. The fourth-order valence-corrected chi connectivity index (χ4v) is 3.57. The highest BCUT2D eigenvalue weighted by atomic mass is 32.1. The van der Waals surface area contributed by atoms with E-state index in [1.165, 1.54) is 11.3 Å². The van der Waals surface area contributed by atoms with E-state index in [4.69, 9.17) is 0 Å². The van der Waals surface area contributed by atoms with Crippen LogP contribution < -0.4 is 5.32 Å². The Balaban J connectivity index is 1.52. The summed E-state index contributed by atoms with van der Waals surface area (Å²) in [6.07, 6.45) is 5.39. The first kappa shape index (κ1) is 16.0. The number of aryl methyl sites for hydroxylation is 1. The Kier molecular flexibility index (Phi) is 5.30. The van der Waals surface area contributed by atoms with Gasteiger partial charge in [0.1, 0.15) is 5.01 Å². The van der Waals surface area contributed by atoms with E-state index in [9.17, 15) is 4.79 Å². The largest absolute Gasteiger partial charge is 0.300 e. The van der Waals surface area contributed by atoms with Gasteiger partial charge in [-0.15, -0.1) is 10.2 Å². The molecular formula is C16H21N5OS. The molecule has 1 aliphatic rings. The Labute approximate surface area is 140 Å². The van der Waals surface area contributed by atoms with E-state index in [0.717, 1.165) is 43.1 Å². The van der Waals surface area contributed by atoms with E-state index in [1.807, 2.05) is 25.3 Å². The summed E-state index contributed by atoms with van der Waals surface area (Å²) in [5.41, 5.74) is 1.10. The van der Waals surface area contributed by atoms with Crippen LogP contribution in [-0.4, -0.2) is 39.1 Å². The number of anilines is 1. The van der Waals surface area contributed by atoms with Crippen LogP contribution in [0.15, 0.2) is 24.4 Å². The van der Waals surface area contributed by atoms with Crippen LogP contribution in [0.3, 0.4) is 0 Å². The lowest BCUT2D eigenvalue weighted by Crippen LogP contribution is -2.28. The van der Waals surface area contributed by atoms with Gasteiger partial charge < -0.3 is 5.32 Å². The summed E-state index contributed by atoms with van der Waals surface area (Å²) in [5.74, 6) is -0.00419. The minimum absolute atomic E-state index is 0.00419. The van der Waals surface area contributed by atoms with Gasteiger partial charge in [0.25, 0.3) is 0 Å². The monoisotopic (exact) mass is 331 g/mol. The van der Waals surface area contributed by atoms with Gasteiger partial charge in [-0.05, 0) is 37.9 Å². The Morgan fingerprint density at radius 3 is 3.09 bits per heavy atom. The van der Waals surface area contributed by atoms with Gasteiger partial charge in [0.2, 0.25) is 11.0 Å². The van der Waals surface area contributed by atoms with Crippen molar-refractivity contribution in [2.24, 2.45) is 0 Å². The molecule has 1 amide bonds. The highest BCUT2D eigenvalue weighted by Gasteiger charge is 2.26. The predicted octanol–water partition coefficient (Wildman–Crippen LogP) is 2.66. The van der Waals surface area contributed by atoms with Crippen LogP contribution in [0.1, 0.15) is 42.9 Å². The van der Waals surface area contributed by atoms with E-state index in [1.54, 1.807) is 0 Å². The van der Waals surface area contributed by atoms with Crippen molar-refractivity contribution >= 4 is 22.4 Å². The van der Waals surface area contributed by atoms with Crippen LogP contribution >= 0.6 is 11.3 Å². The molecule has 0 aliphatic carbocycles. The molecule has 2 aromatic rings. The Morgan fingerprint density at radius 2 is 2.35 bits per heavy atom. The summed E-state index contributed by atoms with van der Waals surface area (Å²) in [5, 5.41) is 12.4. The van der Waals surface area contributed by atoms with Crippen LogP contribution in [0.5, 0.6) is 0 Å². The molecule has 1 saturated heterocycles. The van der Waals surface area contributed by atoms with E-state index >= 15 is 0 Å². The third-order valence-electron chi connectivity index (χ3n) is 4.03. The smallest absolute Gasteiger partial charge is 0.227 e. The van der Waals surface area contributed by atoms with Crippen LogP contribution in [0.25, 0.3) is 0 Å². The zero-order valence-corrected chi connectivity index (χ0v) is 14.1. The van der Waals surface area contributed by atoms with Crippen LogP contribution in [0.4, 0.5) is 5.13 Å². The molecule has 0 radical (unpaired) electrons. The van der Waals surface area contributed by atoms with Gasteiger partial charge in [0.05, 0.1) is 11.7 Å². The molecule has 1 fully saturated rings. The van der Waals surface area contributed by atoms with Crippen molar-refractivity contribution in [2.75, 3.05) is 18.4 Å². The maximum absolute atomic E-state index is 12.1. The Bertz CT molecular complexity index is 645. The Hall–Kier alpha value is -1.86. The van der Waals surface area contributed by atoms with E-state index in [-0.39, 0.29) is 5.91 Å². The lowest BCUT2D eigenvalue weighted by molar-refractivity contribution is -0.116. The van der Waals surface area contributed by atoms with Gasteiger partial charge in [-0.3, -0.25) is 14.7 Å². The van der Waals surface area contributed by atoms with Crippen molar-refractivity contribution < 1.29 is 4.79 Å². The van der Waals surface area contributed by atoms with Crippen molar-refractivity contribution in [2.45, 2.75) is 38.6 Å². The summed E-state index contributed by atoms with van der Waals surface area (Å²) >= 11 is 1.44. The molecule has 3 heterocycles.